The van der Waals surface area contributed by atoms with Crippen molar-refractivity contribution in [3.05, 3.63) is 116 Å². The molecular weight excluding hydrogens is 525 g/mol. The number of dihydropyridines is 1. The fourth-order valence-electron chi connectivity index (χ4n) is 4.42. The molecule has 0 aliphatic carbocycles. The van der Waals surface area contributed by atoms with E-state index < -0.39 is 17.9 Å². The van der Waals surface area contributed by atoms with Crippen LogP contribution in [0.5, 0.6) is 0 Å². The van der Waals surface area contributed by atoms with E-state index in [0.29, 0.717) is 22.0 Å². The number of allylic oxidation sites excluding steroid dienone is 2. The molecule has 0 radical (unpaired) electrons. The zero-order valence-electron chi connectivity index (χ0n) is 21.2. The molecule has 38 heavy (non-hydrogen) atoms. The first kappa shape index (κ1) is 27.2. The Balaban J connectivity index is 1.51. The number of halogens is 2. The van der Waals surface area contributed by atoms with Crippen molar-refractivity contribution in [3.8, 4) is 0 Å². The van der Waals surface area contributed by atoms with Crippen LogP contribution in [-0.2, 0) is 25.5 Å². The molecule has 1 aliphatic heterocycles. The Hall–Kier alpha value is -3.81. The number of hydrogen-bond acceptors (Lipinski definition) is 6. The molecule has 0 fully saturated rings. The molecule has 9 heteroatoms. The van der Waals surface area contributed by atoms with Crippen LogP contribution in [0.2, 0.25) is 10.0 Å². The van der Waals surface area contributed by atoms with E-state index in [0.717, 1.165) is 23.4 Å². The molecular formula is C29H27Cl2N3O4. The average Bonchev–Trinajstić information content (AvgIpc) is 3.41. The first-order valence-corrected chi connectivity index (χ1v) is 12.7. The summed E-state index contributed by atoms with van der Waals surface area (Å²) in [7, 11) is 1.29. The van der Waals surface area contributed by atoms with Gasteiger partial charge in [0.25, 0.3) is 0 Å². The lowest BCUT2D eigenvalue weighted by Gasteiger charge is -2.30. The number of imidazole rings is 1. The highest BCUT2D eigenvalue weighted by Crippen LogP contribution is 2.43. The molecule has 4 rings (SSSR count). The molecule has 2 aromatic carbocycles. The van der Waals surface area contributed by atoms with Gasteiger partial charge in [-0.3, -0.25) is 0 Å². The van der Waals surface area contributed by atoms with Crippen LogP contribution >= 0.6 is 23.2 Å². The molecule has 0 amide bonds. The Morgan fingerprint density at radius 3 is 2.39 bits per heavy atom. The fraction of sp³-hybridized carbons (Fsp3) is 0.207. The maximum Gasteiger partial charge on any atom is 0.337 e. The van der Waals surface area contributed by atoms with E-state index in [1.807, 2.05) is 30.3 Å². The molecule has 1 aliphatic rings. The molecule has 1 unspecified atom stereocenters. The van der Waals surface area contributed by atoms with E-state index in [1.165, 1.54) is 7.11 Å². The Kier molecular flexibility index (Phi) is 8.71. The summed E-state index contributed by atoms with van der Waals surface area (Å²) in [6.45, 7) is 3.53. The molecule has 0 saturated heterocycles. The van der Waals surface area contributed by atoms with E-state index in [9.17, 15) is 9.59 Å². The van der Waals surface area contributed by atoms with Crippen LogP contribution in [0.3, 0.4) is 0 Å². The summed E-state index contributed by atoms with van der Waals surface area (Å²) in [6.07, 6.45) is 7.88. The van der Waals surface area contributed by atoms with Crippen LogP contribution in [-0.4, -0.2) is 35.6 Å². The lowest BCUT2D eigenvalue weighted by atomic mass is 9.80. The number of carbonyl (C=O) groups is 2. The second-order valence-corrected chi connectivity index (χ2v) is 9.51. The number of nitrogens with zero attached hydrogens (tertiary/aromatic N) is 1. The summed E-state index contributed by atoms with van der Waals surface area (Å²) in [5.74, 6) is -1.07. The maximum absolute atomic E-state index is 13.3. The van der Waals surface area contributed by atoms with Crippen molar-refractivity contribution in [2.24, 2.45) is 0 Å². The average molecular weight is 552 g/mol. The Morgan fingerprint density at radius 2 is 1.74 bits per heavy atom. The third-order valence-electron chi connectivity index (χ3n) is 6.21. The van der Waals surface area contributed by atoms with Crippen molar-refractivity contribution >= 4 is 41.2 Å². The molecule has 0 bridgehead atoms. The summed E-state index contributed by atoms with van der Waals surface area (Å²) in [4.78, 5) is 33.5. The van der Waals surface area contributed by atoms with Gasteiger partial charge in [0.15, 0.2) is 0 Å². The zero-order valence-corrected chi connectivity index (χ0v) is 22.7. The normalized spacial score (nSPS) is 15.6. The SMILES string of the molecule is COC(=O)C1=C(C)NC(C)=C(C(=O)OC/C=C/c2ccc(Cc3ncc[nH]3)cc2)C1c1cccc(Cl)c1Cl. The highest BCUT2D eigenvalue weighted by molar-refractivity contribution is 6.42. The monoisotopic (exact) mass is 551 g/mol. The van der Waals surface area contributed by atoms with Gasteiger partial charge in [-0.1, -0.05) is 65.7 Å². The van der Waals surface area contributed by atoms with Crippen LogP contribution < -0.4 is 5.32 Å². The van der Waals surface area contributed by atoms with Crippen molar-refractivity contribution in [1.29, 1.82) is 0 Å². The van der Waals surface area contributed by atoms with Gasteiger partial charge >= 0.3 is 11.9 Å². The van der Waals surface area contributed by atoms with Crippen LogP contribution in [0.1, 0.15) is 42.3 Å². The minimum absolute atomic E-state index is 0.0377. The van der Waals surface area contributed by atoms with Gasteiger partial charge in [-0.05, 0) is 42.7 Å². The topological polar surface area (TPSA) is 93.3 Å². The summed E-state index contributed by atoms with van der Waals surface area (Å²) in [6, 6.07) is 13.1. The van der Waals surface area contributed by atoms with Crippen molar-refractivity contribution in [1.82, 2.24) is 15.3 Å². The standard InChI is InChI=1S/C29H27Cl2N3O4/c1-17-24(28(35)37-3)26(21-7-4-8-22(30)27(21)31)25(18(2)34-17)29(36)38-15-5-6-19-9-11-20(12-10-19)16-23-32-13-14-33-23/h4-14,26,34H,15-16H2,1-3H3,(H,32,33)/b6-5+. The van der Waals surface area contributed by atoms with Gasteiger partial charge in [0.1, 0.15) is 12.4 Å². The van der Waals surface area contributed by atoms with Crippen molar-refractivity contribution < 1.29 is 19.1 Å². The molecule has 1 atom stereocenters. The number of methoxy groups -OCH3 is 1. The summed E-state index contributed by atoms with van der Waals surface area (Å²) >= 11 is 12.8. The van der Waals surface area contributed by atoms with Crippen molar-refractivity contribution in [2.45, 2.75) is 26.2 Å². The lowest BCUT2D eigenvalue weighted by molar-refractivity contribution is -0.138. The summed E-state index contributed by atoms with van der Waals surface area (Å²) in [5.41, 5.74) is 4.24. The number of aromatic amines is 1. The second-order valence-electron chi connectivity index (χ2n) is 8.73. The Morgan fingerprint density at radius 1 is 1.03 bits per heavy atom. The van der Waals surface area contributed by atoms with Gasteiger partial charge in [0.05, 0.1) is 34.2 Å². The molecule has 0 saturated carbocycles. The molecule has 196 valence electrons. The van der Waals surface area contributed by atoms with E-state index in [1.54, 1.807) is 50.5 Å². The minimum Gasteiger partial charge on any atom is -0.466 e. The number of hydrogen-bond donors (Lipinski definition) is 2. The fourth-order valence-corrected chi connectivity index (χ4v) is 4.84. The van der Waals surface area contributed by atoms with E-state index in [4.69, 9.17) is 32.7 Å². The van der Waals surface area contributed by atoms with E-state index in [-0.39, 0.29) is 22.8 Å². The number of H-pyrrole nitrogens is 1. The second kappa shape index (κ2) is 12.2. The number of aromatic nitrogens is 2. The third-order valence-corrected chi connectivity index (χ3v) is 7.04. The van der Waals surface area contributed by atoms with E-state index in [2.05, 4.69) is 15.3 Å². The number of benzene rings is 2. The van der Waals surface area contributed by atoms with Gasteiger partial charge in [0.2, 0.25) is 0 Å². The lowest BCUT2D eigenvalue weighted by Crippen LogP contribution is -2.32. The van der Waals surface area contributed by atoms with Crippen LogP contribution in [0.4, 0.5) is 0 Å². The smallest absolute Gasteiger partial charge is 0.337 e. The van der Waals surface area contributed by atoms with Crippen LogP contribution in [0.25, 0.3) is 6.08 Å². The largest absolute Gasteiger partial charge is 0.466 e. The number of carbonyl (C=O) groups excluding carboxylic acids is 2. The van der Waals surface area contributed by atoms with Crippen LogP contribution in [0.15, 0.2) is 83.5 Å². The molecule has 1 aromatic heterocycles. The number of ether oxygens (including phenoxy) is 2. The van der Waals surface area contributed by atoms with Gasteiger partial charge in [0, 0.05) is 30.2 Å². The molecule has 3 aromatic rings. The highest BCUT2D eigenvalue weighted by Gasteiger charge is 2.39. The number of esters is 2. The molecule has 2 N–H and O–H groups in total. The van der Waals surface area contributed by atoms with Crippen molar-refractivity contribution in [2.75, 3.05) is 13.7 Å². The summed E-state index contributed by atoms with van der Waals surface area (Å²) < 4.78 is 10.6. The quantitative estimate of drug-likeness (QED) is 0.335. The van der Waals surface area contributed by atoms with Crippen molar-refractivity contribution in [3.63, 3.8) is 0 Å². The van der Waals surface area contributed by atoms with Gasteiger partial charge in [-0.25, -0.2) is 14.6 Å². The Labute approximate surface area is 231 Å². The Bertz CT molecular complexity index is 1420. The van der Waals surface area contributed by atoms with E-state index >= 15 is 0 Å². The van der Waals surface area contributed by atoms with Gasteiger partial charge in [-0.2, -0.15) is 0 Å². The zero-order chi connectivity index (χ0) is 27.2. The number of rotatable bonds is 8. The molecule has 7 nitrogen and oxygen atoms in total. The van der Waals surface area contributed by atoms with Crippen LogP contribution in [0, 0.1) is 0 Å². The third kappa shape index (κ3) is 6.01. The first-order chi connectivity index (χ1) is 18.3. The highest BCUT2D eigenvalue weighted by atomic mass is 35.5. The predicted octanol–water partition coefficient (Wildman–Crippen LogP) is 5.97. The first-order valence-electron chi connectivity index (χ1n) is 11.9. The van der Waals surface area contributed by atoms with Gasteiger partial charge < -0.3 is 19.8 Å². The minimum atomic E-state index is -0.812. The van der Waals surface area contributed by atoms with Gasteiger partial charge in [-0.15, -0.1) is 0 Å². The summed E-state index contributed by atoms with van der Waals surface area (Å²) in [5, 5.41) is 3.67. The number of nitrogens with one attached hydrogen (secondary N) is 2. The predicted molar refractivity (Wildman–Crippen MR) is 148 cm³/mol. The molecule has 2 heterocycles. The molecule has 0 spiro atoms. The maximum atomic E-state index is 13.3.